The van der Waals surface area contributed by atoms with Gasteiger partial charge in [0.25, 0.3) is 0 Å². The predicted molar refractivity (Wildman–Crippen MR) is 50.2 cm³/mol. The first-order valence-electron chi connectivity index (χ1n) is 4.40. The average Bonchev–Trinajstić information content (AvgIpc) is 2.15. The molecule has 0 aromatic rings. The molecule has 1 rings (SSSR count). The standard InChI is InChI=1S/C9H16N2O2/c1-10(2)7-9(8-12)11-3-5-13-6-4-11/h7-8H,3-6H2,1-2H3/b9-7-. The van der Waals surface area contributed by atoms with Gasteiger partial charge in [0.1, 0.15) is 0 Å². The van der Waals surface area contributed by atoms with E-state index in [2.05, 4.69) is 0 Å². The minimum Gasteiger partial charge on any atom is -0.382 e. The van der Waals surface area contributed by atoms with Crippen LogP contribution in [0.2, 0.25) is 0 Å². The third kappa shape index (κ3) is 3.06. The van der Waals surface area contributed by atoms with Crippen LogP contribution in [0, 0.1) is 0 Å². The summed E-state index contributed by atoms with van der Waals surface area (Å²) in [5.74, 6) is 0. The lowest BCUT2D eigenvalue weighted by atomic mass is 10.3. The Bertz CT molecular complexity index is 196. The van der Waals surface area contributed by atoms with E-state index in [0.29, 0.717) is 13.2 Å². The van der Waals surface area contributed by atoms with E-state index in [9.17, 15) is 4.79 Å². The molecule has 74 valence electrons. The molecule has 1 heterocycles. The van der Waals surface area contributed by atoms with E-state index in [0.717, 1.165) is 25.1 Å². The number of allylic oxidation sites excluding steroid dienone is 1. The van der Waals surface area contributed by atoms with E-state index < -0.39 is 0 Å². The van der Waals surface area contributed by atoms with Crippen LogP contribution in [0.15, 0.2) is 11.9 Å². The van der Waals surface area contributed by atoms with Gasteiger partial charge in [-0.25, -0.2) is 0 Å². The van der Waals surface area contributed by atoms with Crippen LogP contribution < -0.4 is 0 Å². The third-order valence-corrected chi connectivity index (χ3v) is 1.89. The molecule has 0 N–H and O–H groups in total. The van der Waals surface area contributed by atoms with Gasteiger partial charge in [-0.15, -0.1) is 0 Å². The van der Waals surface area contributed by atoms with Crippen molar-refractivity contribution in [1.29, 1.82) is 0 Å². The molecule has 13 heavy (non-hydrogen) atoms. The molecule has 1 aliphatic rings. The van der Waals surface area contributed by atoms with Crippen LogP contribution in [0.4, 0.5) is 0 Å². The lowest BCUT2D eigenvalue weighted by molar-refractivity contribution is -0.106. The molecule has 0 aromatic carbocycles. The molecule has 1 fully saturated rings. The monoisotopic (exact) mass is 184 g/mol. The molecule has 1 aliphatic heterocycles. The number of nitrogens with zero attached hydrogens (tertiary/aromatic N) is 2. The molecule has 4 heteroatoms. The van der Waals surface area contributed by atoms with Crippen LogP contribution in [-0.4, -0.2) is 56.5 Å². The van der Waals surface area contributed by atoms with E-state index in [-0.39, 0.29) is 0 Å². The van der Waals surface area contributed by atoms with Gasteiger partial charge in [0.05, 0.1) is 18.9 Å². The first-order chi connectivity index (χ1) is 6.24. The lowest BCUT2D eigenvalue weighted by Gasteiger charge is -2.29. The van der Waals surface area contributed by atoms with Gasteiger partial charge >= 0.3 is 0 Å². The second-order valence-corrected chi connectivity index (χ2v) is 3.23. The SMILES string of the molecule is CN(C)/C=C(/C=O)N1CCOCC1. The Labute approximate surface area is 78.8 Å². The van der Waals surface area contributed by atoms with Crippen molar-refractivity contribution >= 4 is 6.29 Å². The van der Waals surface area contributed by atoms with Crippen molar-refractivity contribution < 1.29 is 9.53 Å². The van der Waals surface area contributed by atoms with Crippen molar-refractivity contribution in [1.82, 2.24) is 9.80 Å². The Morgan fingerprint density at radius 3 is 2.46 bits per heavy atom. The van der Waals surface area contributed by atoms with E-state index in [1.165, 1.54) is 0 Å². The molecule has 4 nitrogen and oxygen atoms in total. The molecule has 0 bridgehead atoms. The van der Waals surface area contributed by atoms with Crippen molar-refractivity contribution in [2.24, 2.45) is 0 Å². The summed E-state index contributed by atoms with van der Waals surface area (Å²) < 4.78 is 5.20. The van der Waals surface area contributed by atoms with Crippen LogP contribution in [0.25, 0.3) is 0 Å². The zero-order chi connectivity index (χ0) is 9.68. The Balaban J connectivity index is 2.58. The number of morpholine rings is 1. The number of ether oxygens (including phenoxy) is 1. The van der Waals surface area contributed by atoms with Crippen molar-refractivity contribution in [3.63, 3.8) is 0 Å². The summed E-state index contributed by atoms with van der Waals surface area (Å²) in [7, 11) is 3.81. The van der Waals surface area contributed by atoms with Crippen molar-refractivity contribution in [3.8, 4) is 0 Å². The number of hydrogen-bond acceptors (Lipinski definition) is 4. The van der Waals surface area contributed by atoms with Crippen LogP contribution >= 0.6 is 0 Å². The van der Waals surface area contributed by atoms with Gasteiger partial charge in [0, 0.05) is 33.4 Å². The normalized spacial score (nSPS) is 18.6. The maximum Gasteiger partial charge on any atom is 0.167 e. The van der Waals surface area contributed by atoms with Gasteiger partial charge < -0.3 is 14.5 Å². The van der Waals surface area contributed by atoms with Crippen LogP contribution in [0.5, 0.6) is 0 Å². The minimum atomic E-state index is 0.707. The smallest absolute Gasteiger partial charge is 0.167 e. The lowest BCUT2D eigenvalue weighted by Crippen LogP contribution is -2.36. The quantitative estimate of drug-likeness (QED) is 0.454. The van der Waals surface area contributed by atoms with Gasteiger partial charge in [-0.1, -0.05) is 0 Å². The summed E-state index contributed by atoms with van der Waals surface area (Å²) in [5.41, 5.74) is 0.730. The number of rotatable bonds is 3. The Hall–Kier alpha value is -1.03. The second kappa shape index (κ2) is 4.87. The van der Waals surface area contributed by atoms with Crippen molar-refractivity contribution in [3.05, 3.63) is 11.9 Å². The predicted octanol–water partition coefficient (Wildman–Crippen LogP) is -0.0795. The highest BCUT2D eigenvalue weighted by atomic mass is 16.5. The van der Waals surface area contributed by atoms with Crippen LogP contribution in [0.3, 0.4) is 0 Å². The number of aldehydes is 1. The summed E-state index contributed by atoms with van der Waals surface area (Å²) in [4.78, 5) is 14.7. The molecule has 0 atom stereocenters. The van der Waals surface area contributed by atoms with Crippen molar-refractivity contribution in [2.45, 2.75) is 0 Å². The molecule has 0 spiro atoms. The topological polar surface area (TPSA) is 32.8 Å². The molecule has 0 amide bonds. The van der Waals surface area contributed by atoms with Gasteiger partial charge in [-0.3, -0.25) is 4.79 Å². The highest BCUT2D eigenvalue weighted by Gasteiger charge is 2.12. The highest BCUT2D eigenvalue weighted by molar-refractivity contribution is 5.72. The second-order valence-electron chi connectivity index (χ2n) is 3.23. The molecule has 0 unspecified atom stereocenters. The molecule has 0 radical (unpaired) electrons. The van der Waals surface area contributed by atoms with Gasteiger partial charge in [0.15, 0.2) is 6.29 Å². The first-order valence-corrected chi connectivity index (χ1v) is 4.40. The van der Waals surface area contributed by atoms with E-state index in [4.69, 9.17) is 4.74 Å². The van der Waals surface area contributed by atoms with E-state index >= 15 is 0 Å². The fourth-order valence-corrected chi connectivity index (χ4v) is 1.27. The Kier molecular flexibility index (Phi) is 3.76. The van der Waals surface area contributed by atoms with E-state index in [1.807, 2.05) is 30.1 Å². The molecule has 1 saturated heterocycles. The summed E-state index contributed by atoms with van der Waals surface area (Å²) >= 11 is 0. The van der Waals surface area contributed by atoms with Gasteiger partial charge in [-0.2, -0.15) is 0 Å². The number of carbonyl (C=O) groups excluding carboxylic acids is 1. The average molecular weight is 184 g/mol. The summed E-state index contributed by atoms with van der Waals surface area (Å²) in [6.45, 7) is 3.02. The first kappa shape index (κ1) is 10.1. The zero-order valence-electron chi connectivity index (χ0n) is 8.19. The number of carbonyl (C=O) groups is 1. The largest absolute Gasteiger partial charge is 0.382 e. The Morgan fingerprint density at radius 2 is 2.00 bits per heavy atom. The third-order valence-electron chi connectivity index (χ3n) is 1.89. The summed E-state index contributed by atoms with van der Waals surface area (Å²) in [6, 6.07) is 0. The fraction of sp³-hybridized carbons (Fsp3) is 0.667. The summed E-state index contributed by atoms with van der Waals surface area (Å²) in [6.07, 6.45) is 2.73. The van der Waals surface area contributed by atoms with Gasteiger partial charge in [0.2, 0.25) is 0 Å². The maximum absolute atomic E-state index is 10.8. The van der Waals surface area contributed by atoms with Crippen LogP contribution in [-0.2, 0) is 9.53 Å². The minimum absolute atomic E-state index is 0.707. The molecule has 0 saturated carbocycles. The summed E-state index contributed by atoms with van der Waals surface area (Å²) in [5, 5.41) is 0. The molecular weight excluding hydrogens is 168 g/mol. The Morgan fingerprint density at radius 1 is 1.38 bits per heavy atom. The number of hydrogen-bond donors (Lipinski definition) is 0. The molecule has 0 aromatic heterocycles. The maximum atomic E-state index is 10.8. The molecule has 0 aliphatic carbocycles. The van der Waals surface area contributed by atoms with E-state index in [1.54, 1.807) is 0 Å². The molecular formula is C9H16N2O2. The highest BCUT2D eigenvalue weighted by Crippen LogP contribution is 2.05. The van der Waals surface area contributed by atoms with Crippen molar-refractivity contribution in [2.75, 3.05) is 40.4 Å². The van der Waals surface area contributed by atoms with Gasteiger partial charge in [-0.05, 0) is 0 Å². The van der Waals surface area contributed by atoms with Crippen LogP contribution in [0.1, 0.15) is 0 Å². The zero-order valence-corrected chi connectivity index (χ0v) is 8.19. The fourth-order valence-electron chi connectivity index (χ4n) is 1.27.